The lowest BCUT2D eigenvalue weighted by Gasteiger charge is -2.17. The van der Waals surface area contributed by atoms with Crippen molar-refractivity contribution >= 4 is 11.6 Å². The minimum absolute atomic E-state index is 0.0540. The van der Waals surface area contributed by atoms with Crippen LogP contribution in [-0.2, 0) is 17.8 Å². The highest BCUT2D eigenvalue weighted by Crippen LogP contribution is 2.14. The van der Waals surface area contributed by atoms with Crippen molar-refractivity contribution in [3.8, 4) is 0 Å². The van der Waals surface area contributed by atoms with E-state index in [4.69, 9.17) is 4.74 Å². The Hall–Kier alpha value is -2.33. The molecule has 1 amide bonds. The second kappa shape index (κ2) is 8.50. The summed E-state index contributed by atoms with van der Waals surface area (Å²) in [6.45, 7) is 2.46. The van der Waals surface area contributed by atoms with Gasteiger partial charge >= 0.3 is 0 Å². The van der Waals surface area contributed by atoms with Crippen LogP contribution in [0.4, 0.5) is 5.69 Å². The van der Waals surface area contributed by atoms with Gasteiger partial charge in [-0.25, -0.2) is 0 Å². The molecule has 0 aliphatic carbocycles. The number of benzene rings is 2. The van der Waals surface area contributed by atoms with Crippen molar-refractivity contribution in [2.24, 2.45) is 0 Å². The molecule has 2 aromatic rings. The first-order chi connectivity index (χ1) is 11.5. The fourth-order valence-corrected chi connectivity index (χ4v) is 2.66. The standard InChI is InChI=1S/C20H26N2O2/c1-15(13-16-9-11-18(12-10-16)22(2)3)21-20(23)19-8-6-5-7-17(19)14-24-4/h5-12,15H,13-14H2,1-4H3,(H,21,23)/t15-/m0/s1. The molecule has 24 heavy (non-hydrogen) atoms. The van der Waals surface area contributed by atoms with Crippen LogP contribution in [0.1, 0.15) is 28.4 Å². The van der Waals surface area contributed by atoms with Gasteiger partial charge in [0, 0.05) is 38.5 Å². The maximum Gasteiger partial charge on any atom is 0.251 e. The first kappa shape index (κ1) is 18.0. The van der Waals surface area contributed by atoms with Gasteiger partial charge in [0.25, 0.3) is 5.91 Å². The number of hydrogen-bond acceptors (Lipinski definition) is 3. The van der Waals surface area contributed by atoms with E-state index in [0.29, 0.717) is 12.2 Å². The van der Waals surface area contributed by atoms with Gasteiger partial charge in [-0.05, 0) is 42.7 Å². The van der Waals surface area contributed by atoms with E-state index in [1.54, 1.807) is 7.11 Å². The van der Waals surface area contributed by atoms with Crippen molar-refractivity contribution in [3.05, 3.63) is 65.2 Å². The average Bonchev–Trinajstić information content (AvgIpc) is 2.56. The van der Waals surface area contributed by atoms with Crippen LogP contribution in [0.3, 0.4) is 0 Å². The molecule has 2 rings (SSSR count). The molecule has 4 heteroatoms. The first-order valence-electron chi connectivity index (χ1n) is 8.15. The molecule has 0 aromatic heterocycles. The minimum atomic E-state index is -0.0555. The van der Waals surface area contributed by atoms with Crippen LogP contribution in [0.2, 0.25) is 0 Å². The maximum absolute atomic E-state index is 12.5. The summed E-state index contributed by atoms with van der Waals surface area (Å²) in [6.07, 6.45) is 0.798. The molecule has 0 heterocycles. The predicted molar refractivity (Wildman–Crippen MR) is 98.6 cm³/mol. The largest absolute Gasteiger partial charge is 0.380 e. The maximum atomic E-state index is 12.5. The summed E-state index contributed by atoms with van der Waals surface area (Å²) in [5.74, 6) is -0.0555. The van der Waals surface area contributed by atoms with E-state index < -0.39 is 0 Å². The molecular formula is C20H26N2O2. The molecule has 0 bridgehead atoms. The van der Waals surface area contributed by atoms with Crippen molar-refractivity contribution in [1.82, 2.24) is 5.32 Å². The molecule has 0 fully saturated rings. The number of anilines is 1. The second-order valence-corrected chi connectivity index (χ2v) is 6.23. The van der Waals surface area contributed by atoms with Gasteiger partial charge in [0.05, 0.1) is 6.61 Å². The molecule has 0 aliphatic heterocycles. The van der Waals surface area contributed by atoms with Crippen LogP contribution in [-0.4, -0.2) is 33.2 Å². The third kappa shape index (κ3) is 4.83. The Labute approximate surface area is 144 Å². The number of amides is 1. The fraction of sp³-hybridized carbons (Fsp3) is 0.350. The van der Waals surface area contributed by atoms with Gasteiger partial charge in [-0.2, -0.15) is 0 Å². The Morgan fingerprint density at radius 3 is 2.42 bits per heavy atom. The Kier molecular flexibility index (Phi) is 6.38. The monoisotopic (exact) mass is 326 g/mol. The predicted octanol–water partition coefficient (Wildman–Crippen LogP) is 3.26. The van der Waals surface area contributed by atoms with E-state index in [1.807, 2.05) is 45.3 Å². The zero-order valence-electron chi connectivity index (χ0n) is 14.9. The molecular weight excluding hydrogens is 300 g/mol. The number of nitrogens with one attached hydrogen (secondary N) is 1. The van der Waals surface area contributed by atoms with E-state index in [2.05, 4.69) is 34.5 Å². The van der Waals surface area contributed by atoms with Gasteiger partial charge in [0.15, 0.2) is 0 Å². The van der Waals surface area contributed by atoms with Crippen molar-refractivity contribution < 1.29 is 9.53 Å². The van der Waals surface area contributed by atoms with E-state index in [1.165, 1.54) is 11.3 Å². The summed E-state index contributed by atoms with van der Waals surface area (Å²) in [7, 11) is 5.68. The lowest BCUT2D eigenvalue weighted by atomic mass is 10.0. The first-order valence-corrected chi connectivity index (χ1v) is 8.15. The van der Waals surface area contributed by atoms with Gasteiger partial charge in [0.1, 0.15) is 0 Å². The van der Waals surface area contributed by atoms with Crippen LogP contribution < -0.4 is 10.2 Å². The van der Waals surface area contributed by atoms with E-state index in [9.17, 15) is 4.79 Å². The van der Waals surface area contributed by atoms with E-state index in [0.717, 1.165) is 12.0 Å². The molecule has 1 N–H and O–H groups in total. The minimum Gasteiger partial charge on any atom is -0.380 e. The second-order valence-electron chi connectivity index (χ2n) is 6.23. The highest BCUT2D eigenvalue weighted by Gasteiger charge is 2.13. The zero-order valence-corrected chi connectivity index (χ0v) is 14.9. The molecule has 0 saturated carbocycles. The number of methoxy groups -OCH3 is 1. The van der Waals surface area contributed by atoms with Crippen LogP contribution in [0.15, 0.2) is 48.5 Å². The van der Waals surface area contributed by atoms with Crippen LogP contribution in [0.25, 0.3) is 0 Å². The van der Waals surface area contributed by atoms with Crippen molar-refractivity contribution in [2.75, 3.05) is 26.1 Å². The Bertz CT molecular complexity index is 666. The van der Waals surface area contributed by atoms with Crippen molar-refractivity contribution in [1.29, 1.82) is 0 Å². The smallest absolute Gasteiger partial charge is 0.251 e. The summed E-state index contributed by atoms with van der Waals surface area (Å²) in [5.41, 5.74) is 3.96. The summed E-state index contributed by atoms with van der Waals surface area (Å²) in [5, 5.41) is 3.08. The Morgan fingerprint density at radius 2 is 1.79 bits per heavy atom. The van der Waals surface area contributed by atoms with Crippen LogP contribution in [0, 0.1) is 0 Å². The SMILES string of the molecule is COCc1ccccc1C(=O)N[C@@H](C)Cc1ccc(N(C)C)cc1. The number of rotatable bonds is 7. The Balaban J connectivity index is 1.99. The highest BCUT2D eigenvalue weighted by atomic mass is 16.5. The van der Waals surface area contributed by atoms with Gasteiger partial charge in [-0.3, -0.25) is 4.79 Å². The van der Waals surface area contributed by atoms with Crippen LogP contribution in [0.5, 0.6) is 0 Å². The molecule has 4 nitrogen and oxygen atoms in total. The number of hydrogen-bond donors (Lipinski definition) is 1. The molecule has 0 radical (unpaired) electrons. The number of carbonyl (C=O) groups is 1. The molecule has 0 spiro atoms. The van der Waals surface area contributed by atoms with E-state index >= 15 is 0 Å². The normalized spacial score (nSPS) is 11.8. The average molecular weight is 326 g/mol. The topological polar surface area (TPSA) is 41.6 Å². The highest BCUT2D eigenvalue weighted by molar-refractivity contribution is 5.95. The summed E-state index contributed by atoms with van der Waals surface area (Å²) < 4.78 is 5.17. The Morgan fingerprint density at radius 1 is 1.12 bits per heavy atom. The van der Waals surface area contributed by atoms with Crippen molar-refractivity contribution in [3.63, 3.8) is 0 Å². The fourth-order valence-electron chi connectivity index (χ4n) is 2.66. The molecule has 0 aliphatic rings. The third-order valence-corrected chi connectivity index (χ3v) is 3.93. The number of carbonyl (C=O) groups excluding carboxylic acids is 1. The van der Waals surface area contributed by atoms with E-state index in [-0.39, 0.29) is 11.9 Å². The summed E-state index contributed by atoms with van der Waals surface area (Å²) in [6, 6.07) is 16.0. The summed E-state index contributed by atoms with van der Waals surface area (Å²) >= 11 is 0. The molecule has 0 unspecified atom stereocenters. The molecule has 0 saturated heterocycles. The third-order valence-electron chi connectivity index (χ3n) is 3.93. The number of ether oxygens (including phenoxy) is 1. The summed E-state index contributed by atoms with van der Waals surface area (Å²) in [4.78, 5) is 14.6. The lowest BCUT2D eigenvalue weighted by Crippen LogP contribution is -2.34. The quantitative estimate of drug-likeness (QED) is 0.849. The molecule has 128 valence electrons. The van der Waals surface area contributed by atoms with Gasteiger partial charge in [0.2, 0.25) is 0 Å². The lowest BCUT2D eigenvalue weighted by molar-refractivity contribution is 0.0935. The molecule has 2 aromatic carbocycles. The van der Waals surface area contributed by atoms with Gasteiger partial charge in [-0.15, -0.1) is 0 Å². The van der Waals surface area contributed by atoms with Gasteiger partial charge in [-0.1, -0.05) is 30.3 Å². The van der Waals surface area contributed by atoms with Crippen molar-refractivity contribution in [2.45, 2.75) is 26.0 Å². The van der Waals surface area contributed by atoms with Crippen LogP contribution >= 0.6 is 0 Å². The number of nitrogens with zero attached hydrogens (tertiary/aromatic N) is 1. The molecule has 1 atom stereocenters. The zero-order chi connectivity index (χ0) is 17.5. The van der Waals surface area contributed by atoms with Gasteiger partial charge < -0.3 is 15.0 Å².